The average molecular weight is 173 g/mol. The number of nitrogens with one attached hydrogen (secondary N) is 1. The van der Waals surface area contributed by atoms with Crippen molar-refractivity contribution in [1.82, 2.24) is 5.32 Å². The second kappa shape index (κ2) is 5.90. The third kappa shape index (κ3) is 4.02. The molecule has 1 aliphatic carbocycles. The van der Waals surface area contributed by atoms with Gasteiger partial charge in [-0.25, -0.2) is 0 Å². The molecule has 0 atom stereocenters. The van der Waals surface area contributed by atoms with E-state index >= 15 is 0 Å². The number of hydrogen-bond donors (Lipinski definition) is 1. The summed E-state index contributed by atoms with van der Waals surface area (Å²) in [5.74, 6) is 1.15. The molecule has 0 aromatic heterocycles. The Hall–Kier alpha value is 0.310. The van der Waals surface area contributed by atoms with Crippen LogP contribution in [0.25, 0.3) is 0 Å². The predicted molar refractivity (Wildman–Crippen MR) is 53.0 cm³/mol. The molecule has 1 nitrogen and oxygen atoms in total. The predicted octanol–water partition coefficient (Wildman–Crippen LogP) is 2.62. The molecule has 11 heavy (non-hydrogen) atoms. The van der Waals surface area contributed by atoms with Crippen LogP contribution in [-0.4, -0.2) is 17.7 Å². The number of hydrogen-bond acceptors (Lipinski definition) is 2. The van der Waals surface area contributed by atoms with Crippen LogP contribution in [0.15, 0.2) is 0 Å². The maximum Gasteiger partial charge on any atom is 0.0420 e. The highest BCUT2D eigenvalue weighted by molar-refractivity contribution is 7.99. The Morgan fingerprint density at radius 3 is 2.64 bits per heavy atom. The third-order valence-electron chi connectivity index (χ3n) is 2.22. The van der Waals surface area contributed by atoms with E-state index in [0.717, 1.165) is 17.7 Å². The Labute approximate surface area is 74.3 Å². The van der Waals surface area contributed by atoms with E-state index in [0.29, 0.717) is 0 Å². The summed E-state index contributed by atoms with van der Waals surface area (Å²) in [5.41, 5.74) is 0. The molecule has 1 rings (SSSR count). The van der Waals surface area contributed by atoms with E-state index in [1.165, 1.54) is 32.1 Å². The van der Waals surface area contributed by atoms with E-state index in [4.69, 9.17) is 0 Å². The molecule has 2 heteroatoms. The van der Waals surface area contributed by atoms with Gasteiger partial charge in [0.15, 0.2) is 0 Å². The van der Waals surface area contributed by atoms with Crippen LogP contribution in [0.1, 0.15) is 39.0 Å². The van der Waals surface area contributed by atoms with Gasteiger partial charge in [-0.3, -0.25) is 0 Å². The maximum atomic E-state index is 3.36. The van der Waals surface area contributed by atoms with Gasteiger partial charge in [0.1, 0.15) is 0 Å². The van der Waals surface area contributed by atoms with Crippen LogP contribution in [0.2, 0.25) is 0 Å². The molecule has 1 fully saturated rings. The Balaban J connectivity index is 1.96. The van der Waals surface area contributed by atoms with Crippen molar-refractivity contribution < 1.29 is 0 Å². The van der Waals surface area contributed by atoms with Crippen molar-refractivity contribution in [2.24, 2.45) is 0 Å². The van der Waals surface area contributed by atoms with E-state index in [1.807, 2.05) is 0 Å². The van der Waals surface area contributed by atoms with Gasteiger partial charge < -0.3 is 5.32 Å². The normalized spacial score (nSPS) is 20.5. The molecule has 1 aliphatic rings. The van der Waals surface area contributed by atoms with Crippen molar-refractivity contribution in [1.29, 1.82) is 0 Å². The molecule has 0 bridgehead atoms. The molecule has 0 spiro atoms. The molecule has 0 aromatic rings. The first-order valence-electron chi connectivity index (χ1n) is 4.76. The summed E-state index contributed by atoms with van der Waals surface area (Å²) in [6, 6.07) is 0. The molecule has 0 aliphatic heterocycles. The minimum Gasteiger partial charge on any atom is -0.308 e. The van der Waals surface area contributed by atoms with Gasteiger partial charge in [0.05, 0.1) is 0 Å². The lowest BCUT2D eigenvalue weighted by Gasteiger charge is -2.20. The van der Waals surface area contributed by atoms with Crippen LogP contribution in [-0.2, 0) is 0 Å². The first kappa shape index (κ1) is 9.40. The first-order chi connectivity index (χ1) is 5.43. The van der Waals surface area contributed by atoms with Crippen LogP contribution in [0.4, 0.5) is 0 Å². The van der Waals surface area contributed by atoms with Gasteiger partial charge in [0, 0.05) is 11.1 Å². The maximum absolute atomic E-state index is 3.36. The molecular formula is C9H19NS. The van der Waals surface area contributed by atoms with E-state index < -0.39 is 0 Å². The monoisotopic (exact) mass is 173 g/mol. The van der Waals surface area contributed by atoms with Crippen LogP contribution in [0, 0.1) is 0 Å². The van der Waals surface area contributed by atoms with Gasteiger partial charge in [-0.15, -0.1) is 11.8 Å². The minimum absolute atomic E-state index is 0.961. The SMILES string of the molecule is CCNCSC1CCCCC1. The van der Waals surface area contributed by atoms with E-state index in [-0.39, 0.29) is 0 Å². The molecule has 1 N–H and O–H groups in total. The van der Waals surface area contributed by atoms with Crippen LogP contribution in [0.5, 0.6) is 0 Å². The Morgan fingerprint density at radius 2 is 2.00 bits per heavy atom. The van der Waals surface area contributed by atoms with Gasteiger partial charge in [-0.1, -0.05) is 26.2 Å². The Bertz CT molecular complexity index is 89.6. The van der Waals surface area contributed by atoms with Crippen molar-refractivity contribution in [3.8, 4) is 0 Å². The molecule has 0 heterocycles. The molecule has 1 saturated carbocycles. The molecular weight excluding hydrogens is 154 g/mol. The second-order valence-corrected chi connectivity index (χ2v) is 4.46. The highest BCUT2D eigenvalue weighted by Crippen LogP contribution is 2.27. The van der Waals surface area contributed by atoms with Gasteiger partial charge in [0.2, 0.25) is 0 Å². The Kier molecular flexibility index (Phi) is 5.04. The van der Waals surface area contributed by atoms with Gasteiger partial charge in [0.25, 0.3) is 0 Å². The van der Waals surface area contributed by atoms with Crippen molar-refractivity contribution in [3.63, 3.8) is 0 Å². The van der Waals surface area contributed by atoms with E-state index in [1.54, 1.807) is 0 Å². The first-order valence-corrected chi connectivity index (χ1v) is 5.80. The lowest BCUT2D eigenvalue weighted by atomic mass is 10.0. The highest BCUT2D eigenvalue weighted by Gasteiger charge is 2.12. The van der Waals surface area contributed by atoms with Crippen molar-refractivity contribution >= 4 is 11.8 Å². The zero-order chi connectivity index (χ0) is 7.94. The van der Waals surface area contributed by atoms with Crippen LogP contribution in [0.3, 0.4) is 0 Å². The van der Waals surface area contributed by atoms with Crippen molar-refractivity contribution in [2.45, 2.75) is 44.3 Å². The van der Waals surface area contributed by atoms with Crippen LogP contribution >= 0.6 is 11.8 Å². The fourth-order valence-electron chi connectivity index (χ4n) is 1.51. The summed E-state index contributed by atoms with van der Waals surface area (Å²) in [6.07, 6.45) is 7.30. The van der Waals surface area contributed by atoms with Crippen molar-refractivity contribution in [2.75, 3.05) is 12.4 Å². The number of rotatable bonds is 4. The molecule has 0 saturated heterocycles. The molecule has 0 unspecified atom stereocenters. The molecule has 0 amide bonds. The Morgan fingerprint density at radius 1 is 1.27 bits per heavy atom. The minimum atomic E-state index is 0.961. The highest BCUT2D eigenvalue weighted by atomic mass is 32.2. The zero-order valence-electron chi connectivity index (χ0n) is 7.44. The topological polar surface area (TPSA) is 12.0 Å². The van der Waals surface area contributed by atoms with E-state index in [9.17, 15) is 0 Å². The summed E-state index contributed by atoms with van der Waals surface area (Å²) in [7, 11) is 0. The largest absolute Gasteiger partial charge is 0.308 e. The summed E-state index contributed by atoms with van der Waals surface area (Å²) in [6.45, 7) is 3.28. The quantitative estimate of drug-likeness (QED) is 0.518. The summed E-state index contributed by atoms with van der Waals surface area (Å²) in [5, 5.41) is 4.32. The van der Waals surface area contributed by atoms with Crippen molar-refractivity contribution in [3.05, 3.63) is 0 Å². The molecule has 0 radical (unpaired) electrons. The smallest absolute Gasteiger partial charge is 0.0420 e. The number of thioether (sulfide) groups is 1. The average Bonchev–Trinajstić information content (AvgIpc) is 2.07. The summed E-state index contributed by atoms with van der Waals surface area (Å²) >= 11 is 2.11. The molecule has 66 valence electrons. The second-order valence-electron chi connectivity index (χ2n) is 3.17. The third-order valence-corrected chi connectivity index (χ3v) is 3.54. The van der Waals surface area contributed by atoms with Gasteiger partial charge in [-0.2, -0.15) is 0 Å². The molecule has 0 aromatic carbocycles. The lowest BCUT2D eigenvalue weighted by molar-refractivity contribution is 0.515. The standard InChI is InChI=1S/C9H19NS/c1-2-10-8-11-9-6-4-3-5-7-9/h9-10H,2-8H2,1H3. The summed E-state index contributed by atoms with van der Waals surface area (Å²) < 4.78 is 0. The van der Waals surface area contributed by atoms with E-state index in [2.05, 4.69) is 24.0 Å². The lowest BCUT2D eigenvalue weighted by Crippen LogP contribution is -2.16. The van der Waals surface area contributed by atoms with Crippen LogP contribution < -0.4 is 5.32 Å². The summed E-state index contributed by atoms with van der Waals surface area (Å²) in [4.78, 5) is 0. The fourth-order valence-corrected chi connectivity index (χ4v) is 2.73. The fraction of sp³-hybridized carbons (Fsp3) is 1.00. The van der Waals surface area contributed by atoms with Gasteiger partial charge in [-0.05, 0) is 19.4 Å². The van der Waals surface area contributed by atoms with Gasteiger partial charge >= 0.3 is 0 Å². The zero-order valence-corrected chi connectivity index (χ0v) is 8.25.